The Morgan fingerprint density at radius 1 is 0.872 bits per heavy atom. The van der Waals surface area contributed by atoms with Crippen LogP contribution in [0.2, 0.25) is 0 Å². The number of carbonyl (C=O) groups is 2. The Labute approximate surface area is 232 Å². The molecule has 0 fully saturated rings. The van der Waals surface area contributed by atoms with E-state index in [2.05, 4.69) is 5.32 Å². The van der Waals surface area contributed by atoms with Crippen LogP contribution in [-0.4, -0.2) is 44.3 Å². The average molecular weight is 550 g/mol. The van der Waals surface area contributed by atoms with E-state index in [0.717, 1.165) is 29.5 Å². The molecule has 2 amide bonds. The van der Waals surface area contributed by atoms with E-state index in [9.17, 15) is 18.0 Å². The minimum Gasteiger partial charge on any atom is -0.354 e. The van der Waals surface area contributed by atoms with Crippen molar-refractivity contribution in [2.45, 2.75) is 64.4 Å². The molecule has 8 heteroatoms. The summed E-state index contributed by atoms with van der Waals surface area (Å²) in [4.78, 5) is 28.9. The van der Waals surface area contributed by atoms with Gasteiger partial charge in [0.2, 0.25) is 11.8 Å². The normalized spacial score (nSPS) is 12.0. The maximum absolute atomic E-state index is 14.1. The van der Waals surface area contributed by atoms with Crippen LogP contribution in [0.5, 0.6) is 0 Å². The van der Waals surface area contributed by atoms with E-state index in [1.165, 1.54) is 21.3 Å². The van der Waals surface area contributed by atoms with Gasteiger partial charge in [-0.25, -0.2) is 8.42 Å². The first-order valence-electron chi connectivity index (χ1n) is 13.5. The van der Waals surface area contributed by atoms with E-state index in [1.807, 2.05) is 64.1 Å². The molecule has 0 aliphatic carbocycles. The number of amides is 2. The van der Waals surface area contributed by atoms with Gasteiger partial charge in [-0.3, -0.25) is 13.9 Å². The summed E-state index contributed by atoms with van der Waals surface area (Å²) >= 11 is 0. The number of carbonyl (C=O) groups excluding carboxylic acids is 2. The molecule has 0 bridgehead atoms. The lowest BCUT2D eigenvalue weighted by molar-refractivity contribution is -0.140. The molecule has 0 saturated heterocycles. The molecular formula is C31H39N3O4S. The fraction of sp³-hybridized carbons (Fsp3) is 0.355. The summed E-state index contributed by atoms with van der Waals surface area (Å²) in [5.74, 6) is -0.684. The number of nitrogens with one attached hydrogen (secondary N) is 1. The van der Waals surface area contributed by atoms with Crippen LogP contribution in [-0.2, 0) is 26.2 Å². The SMILES string of the molecule is CCCCNC(=O)[C@@H](CC)N(Cc1ccccc1)C(=O)CN(c1cccc(C)c1C)S(=O)(=O)c1ccccc1. The van der Waals surface area contributed by atoms with Gasteiger partial charge < -0.3 is 10.2 Å². The highest BCUT2D eigenvalue weighted by atomic mass is 32.2. The average Bonchev–Trinajstić information content (AvgIpc) is 2.94. The minimum absolute atomic E-state index is 0.0951. The van der Waals surface area contributed by atoms with Gasteiger partial charge in [-0.1, -0.05) is 80.9 Å². The lowest BCUT2D eigenvalue weighted by Gasteiger charge is -2.33. The van der Waals surface area contributed by atoms with Crippen molar-refractivity contribution >= 4 is 27.5 Å². The molecule has 1 N–H and O–H groups in total. The number of unbranched alkanes of at least 4 members (excludes halogenated alkanes) is 1. The van der Waals surface area contributed by atoms with Crippen LogP contribution in [0.3, 0.4) is 0 Å². The summed E-state index contributed by atoms with van der Waals surface area (Å²) in [6, 6.07) is 22.2. The first-order valence-corrected chi connectivity index (χ1v) is 14.9. The molecule has 3 aromatic carbocycles. The van der Waals surface area contributed by atoms with E-state index in [-0.39, 0.29) is 17.3 Å². The molecule has 3 rings (SSSR count). The highest BCUT2D eigenvalue weighted by molar-refractivity contribution is 7.92. The first-order chi connectivity index (χ1) is 18.7. The van der Waals surface area contributed by atoms with Crippen LogP contribution in [0, 0.1) is 13.8 Å². The van der Waals surface area contributed by atoms with E-state index in [1.54, 1.807) is 30.3 Å². The molecule has 0 radical (unpaired) electrons. The summed E-state index contributed by atoms with van der Waals surface area (Å²) in [5, 5.41) is 2.95. The van der Waals surface area contributed by atoms with Crippen LogP contribution >= 0.6 is 0 Å². The molecule has 7 nitrogen and oxygen atoms in total. The van der Waals surface area contributed by atoms with Crippen molar-refractivity contribution in [1.29, 1.82) is 0 Å². The van der Waals surface area contributed by atoms with Gasteiger partial charge in [-0.05, 0) is 61.6 Å². The van der Waals surface area contributed by atoms with Crippen molar-refractivity contribution in [3.63, 3.8) is 0 Å². The van der Waals surface area contributed by atoms with E-state index >= 15 is 0 Å². The Morgan fingerprint density at radius 3 is 2.13 bits per heavy atom. The van der Waals surface area contributed by atoms with Crippen LogP contribution < -0.4 is 9.62 Å². The zero-order chi connectivity index (χ0) is 28.4. The largest absolute Gasteiger partial charge is 0.354 e. The monoisotopic (exact) mass is 549 g/mol. The van der Waals surface area contributed by atoms with Crippen molar-refractivity contribution in [3.8, 4) is 0 Å². The fourth-order valence-corrected chi connectivity index (χ4v) is 5.94. The Hall–Kier alpha value is -3.65. The zero-order valence-corrected chi connectivity index (χ0v) is 24.1. The van der Waals surface area contributed by atoms with Crippen LogP contribution in [0.1, 0.15) is 49.8 Å². The van der Waals surface area contributed by atoms with Gasteiger partial charge in [0.1, 0.15) is 12.6 Å². The van der Waals surface area contributed by atoms with Gasteiger partial charge in [0.05, 0.1) is 10.6 Å². The number of aryl methyl sites for hydroxylation is 1. The lowest BCUT2D eigenvalue weighted by atomic mass is 10.1. The topological polar surface area (TPSA) is 86.8 Å². The van der Waals surface area contributed by atoms with Gasteiger partial charge in [0.15, 0.2) is 0 Å². The van der Waals surface area contributed by atoms with Gasteiger partial charge in [-0.15, -0.1) is 0 Å². The molecule has 0 heterocycles. The molecule has 39 heavy (non-hydrogen) atoms. The highest BCUT2D eigenvalue weighted by Crippen LogP contribution is 2.29. The third-order valence-electron chi connectivity index (χ3n) is 6.87. The molecule has 0 aliphatic rings. The summed E-state index contributed by atoms with van der Waals surface area (Å²) in [6.45, 7) is 7.93. The zero-order valence-electron chi connectivity index (χ0n) is 23.3. The smallest absolute Gasteiger partial charge is 0.264 e. The quantitative estimate of drug-likeness (QED) is 0.296. The first kappa shape index (κ1) is 29.9. The maximum Gasteiger partial charge on any atom is 0.264 e. The predicted molar refractivity (Wildman–Crippen MR) is 156 cm³/mol. The second-order valence-corrected chi connectivity index (χ2v) is 11.5. The van der Waals surface area contributed by atoms with Crippen LogP contribution in [0.4, 0.5) is 5.69 Å². The number of anilines is 1. The summed E-state index contributed by atoms with van der Waals surface area (Å²) in [7, 11) is -4.08. The Balaban J connectivity index is 2.05. The van der Waals surface area contributed by atoms with E-state index in [4.69, 9.17) is 0 Å². The fourth-order valence-electron chi connectivity index (χ4n) is 4.44. The molecule has 3 aromatic rings. The molecule has 0 aromatic heterocycles. The van der Waals surface area contributed by atoms with Gasteiger partial charge in [0, 0.05) is 13.1 Å². The molecule has 1 atom stereocenters. The Bertz CT molecular complexity index is 1340. The number of hydrogen-bond acceptors (Lipinski definition) is 4. The number of nitrogens with zero attached hydrogens (tertiary/aromatic N) is 2. The van der Waals surface area contributed by atoms with Crippen LogP contribution in [0.15, 0.2) is 83.8 Å². The Kier molecular flexibility index (Phi) is 10.7. The van der Waals surface area contributed by atoms with Gasteiger partial charge in [0.25, 0.3) is 10.0 Å². The summed E-state index contributed by atoms with van der Waals surface area (Å²) in [6.07, 6.45) is 2.17. The second kappa shape index (κ2) is 13.9. The van der Waals surface area contributed by atoms with Crippen molar-refractivity contribution in [2.24, 2.45) is 0 Å². The summed E-state index contributed by atoms with van der Waals surface area (Å²) in [5.41, 5.74) is 2.97. The van der Waals surface area contributed by atoms with E-state index < -0.39 is 28.5 Å². The molecule has 0 spiro atoms. The molecular weight excluding hydrogens is 510 g/mol. The minimum atomic E-state index is -4.08. The molecule has 208 valence electrons. The van der Waals surface area contributed by atoms with Gasteiger partial charge >= 0.3 is 0 Å². The number of rotatable bonds is 13. The highest BCUT2D eigenvalue weighted by Gasteiger charge is 2.34. The second-order valence-electron chi connectivity index (χ2n) is 9.62. The Morgan fingerprint density at radius 2 is 1.51 bits per heavy atom. The molecule has 0 saturated carbocycles. The lowest BCUT2D eigenvalue weighted by Crippen LogP contribution is -2.52. The van der Waals surface area contributed by atoms with E-state index in [0.29, 0.717) is 18.7 Å². The number of sulfonamides is 1. The predicted octanol–water partition coefficient (Wildman–Crippen LogP) is 5.22. The number of hydrogen-bond donors (Lipinski definition) is 1. The third-order valence-corrected chi connectivity index (χ3v) is 8.64. The van der Waals surface area contributed by atoms with Crippen molar-refractivity contribution < 1.29 is 18.0 Å². The number of benzene rings is 3. The molecule has 0 unspecified atom stereocenters. The van der Waals surface area contributed by atoms with Crippen molar-refractivity contribution in [3.05, 3.63) is 95.6 Å². The maximum atomic E-state index is 14.1. The summed E-state index contributed by atoms with van der Waals surface area (Å²) < 4.78 is 29.0. The third kappa shape index (κ3) is 7.47. The standard InChI is InChI=1S/C31H39N3O4S/c1-5-7-21-32-31(36)28(6-2)33(22-26-16-10-8-11-17-26)30(35)23-34(29-20-14-15-24(3)25(29)4)39(37,38)27-18-12-9-13-19-27/h8-20,28H,5-7,21-23H2,1-4H3,(H,32,36)/t28-/m1/s1. The van der Waals surface area contributed by atoms with Crippen LogP contribution in [0.25, 0.3) is 0 Å². The van der Waals surface area contributed by atoms with Crippen molar-refractivity contribution in [1.82, 2.24) is 10.2 Å². The molecule has 0 aliphatic heterocycles. The van der Waals surface area contributed by atoms with Gasteiger partial charge in [-0.2, -0.15) is 0 Å². The van der Waals surface area contributed by atoms with Crippen molar-refractivity contribution in [2.75, 3.05) is 17.4 Å².